The van der Waals surface area contributed by atoms with E-state index in [1.807, 2.05) is 12.1 Å². The SMILES string of the molecule is Cc1cc(-c2cnc(N)c(OCc3ccnc(C#Cc4cncs4)c3)n2)cc2c1CCN(C)C2. The number of hydrogen-bond donors (Lipinski definition) is 1. The summed E-state index contributed by atoms with van der Waals surface area (Å²) in [5.41, 5.74) is 15.2. The number of aromatic nitrogens is 4. The standard InChI is InChI=1S/C26H24N6OS/c1-17-9-19(11-20-14-32(2)8-6-23(17)20)24-13-30-25(27)26(31-24)33-15-18-5-7-29-21(10-18)3-4-22-12-28-16-34-22/h5,7,9-13,16H,6,8,14-15H2,1-2H3,(H2,27,30). The summed E-state index contributed by atoms with van der Waals surface area (Å²) in [6.07, 6.45) is 6.23. The maximum absolute atomic E-state index is 6.08. The van der Waals surface area contributed by atoms with E-state index in [1.165, 1.54) is 28.0 Å². The smallest absolute Gasteiger partial charge is 0.258 e. The van der Waals surface area contributed by atoms with Crippen molar-refractivity contribution < 1.29 is 4.74 Å². The van der Waals surface area contributed by atoms with Crippen molar-refractivity contribution >= 4 is 17.2 Å². The van der Waals surface area contributed by atoms with E-state index < -0.39 is 0 Å². The number of aryl methyl sites for hydroxylation is 1. The van der Waals surface area contributed by atoms with Gasteiger partial charge in [0.15, 0.2) is 5.82 Å². The number of benzene rings is 1. The van der Waals surface area contributed by atoms with Crippen LogP contribution in [0.4, 0.5) is 5.82 Å². The zero-order valence-electron chi connectivity index (χ0n) is 19.1. The van der Waals surface area contributed by atoms with Crippen LogP contribution in [0.1, 0.15) is 32.8 Å². The van der Waals surface area contributed by atoms with E-state index in [-0.39, 0.29) is 12.4 Å². The highest BCUT2D eigenvalue weighted by Crippen LogP contribution is 2.30. The van der Waals surface area contributed by atoms with Crippen LogP contribution in [0.5, 0.6) is 5.88 Å². The first kappa shape index (κ1) is 22.0. The minimum absolute atomic E-state index is 0.262. The van der Waals surface area contributed by atoms with Crippen LogP contribution >= 0.6 is 11.3 Å². The first-order valence-corrected chi connectivity index (χ1v) is 11.8. The molecule has 1 aliphatic rings. The summed E-state index contributed by atoms with van der Waals surface area (Å²) >= 11 is 1.49. The van der Waals surface area contributed by atoms with Crippen LogP contribution < -0.4 is 10.5 Å². The summed E-state index contributed by atoms with van der Waals surface area (Å²) in [6.45, 7) is 4.47. The average Bonchev–Trinajstić information content (AvgIpc) is 3.36. The molecule has 0 amide bonds. The fraction of sp³-hybridized carbons (Fsp3) is 0.231. The van der Waals surface area contributed by atoms with Crippen molar-refractivity contribution in [3.63, 3.8) is 0 Å². The third-order valence-corrected chi connectivity index (χ3v) is 6.45. The van der Waals surface area contributed by atoms with E-state index >= 15 is 0 Å². The summed E-state index contributed by atoms with van der Waals surface area (Å²) in [5, 5.41) is 0. The average molecular weight is 469 g/mol. The van der Waals surface area contributed by atoms with Crippen molar-refractivity contribution in [3.05, 3.63) is 81.2 Å². The topological polar surface area (TPSA) is 90.0 Å². The number of likely N-dealkylation sites (N-methyl/N-ethyl adjacent to an activating group) is 1. The van der Waals surface area contributed by atoms with Crippen molar-refractivity contribution in [2.75, 3.05) is 19.3 Å². The summed E-state index contributed by atoms with van der Waals surface area (Å²) in [5.74, 6) is 6.70. The third-order valence-electron chi connectivity index (χ3n) is 5.76. The monoisotopic (exact) mass is 468 g/mol. The molecular weight excluding hydrogens is 444 g/mol. The van der Waals surface area contributed by atoms with Gasteiger partial charge in [-0.05, 0) is 78.8 Å². The van der Waals surface area contributed by atoms with E-state index in [2.05, 4.69) is 62.8 Å². The fourth-order valence-electron chi connectivity index (χ4n) is 4.02. The molecule has 0 unspecified atom stereocenters. The predicted molar refractivity (Wildman–Crippen MR) is 133 cm³/mol. The lowest BCUT2D eigenvalue weighted by atomic mass is 9.92. The normalized spacial score (nSPS) is 13.1. The highest BCUT2D eigenvalue weighted by Gasteiger charge is 2.17. The Morgan fingerprint density at radius 2 is 2.09 bits per heavy atom. The molecule has 0 radical (unpaired) electrons. The molecule has 5 rings (SSSR count). The molecule has 0 fully saturated rings. The van der Waals surface area contributed by atoms with Gasteiger partial charge >= 0.3 is 0 Å². The van der Waals surface area contributed by atoms with Gasteiger partial charge in [-0.2, -0.15) is 0 Å². The summed E-state index contributed by atoms with van der Waals surface area (Å²) in [6, 6.07) is 8.16. The number of pyridine rings is 1. The molecule has 0 bridgehead atoms. The lowest BCUT2D eigenvalue weighted by Crippen LogP contribution is -2.27. The quantitative estimate of drug-likeness (QED) is 0.455. The molecule has 170 valence electrons. The van der Waals surface area contributed by atoms with E-state index in [0.717, 1.165) is 41.2 Å². The molecular formula is C26H24N6OS. The number of nitrogen functional groups attached to an aromatic ring is 1. The Labute approximate surface area is 202 Å². The Morgan fingerprint density at radius 1 is 1.18 bits per heavy atom. The number of nitrogens with zero attached hydrogens (tertiary/aromatic N) is 5. The molecule has 0 saturated heterocycles. The molecule has 0 saturated carbocycles. The number of hydrogen-bond acceptors (Lipinski definition) is 8. The van der Waals surface area contributed by atoms with Crippen molar-refractivity contribution in [2.45, 2.75) is 26.5 Å². The van der Waals surface area contributed by atoms with Crippen LogP contribution in [-0.2, 0) is 19.6 Å². The van der Waals surface area contributed by atoms with Gasteiger partial charge < -0.3 is 15.4 Å². The van der Waals surface area contributed by atoms with Gasteiger partial charge in [-0.3, -0.25) is 4.98 Å². The summed E-state index contributed by atoms with van der Waals surface area (Å²) in [7, 11) is 2.15. The molecule has 8 heteroatoms. The maximum Gasteiger partial charge on any atom is 0.258 e. The number of thiazole rings is 1. The second kappa shape index (κ2) is 9.59. The Kier molecular flexibility index (Phi) is 6.21. The first-order valence-electron chi connectivity index (χ1n) is 11.0. The Hall–Kier alpha value is -3.80. The molecule has 0 spiro atoms. The van der Waals surface area contributed by atoms with Crippen LogP contribution in [0.2, 0.25) is 0 Å². The minimum atomic E-state index is 0.262. The lowest BCUT2D eigenvalue weighted by molar-refractivity contribution is 0.295. The van der Waals surface area contributed by atoms with Gasteiger partial charge in [-0.25, -0.2) is 15.0 Å². The van der Waals surface area contributed by atoms with Crippen LogP contribution in [0.25, 0.3) is 11.3 Å². The Balaban J connectivity index is 1.35. The Bertz CT molecular complexity index is 1390. The Morgan fingerprint density at radius 3 is 2.94 bits per heavy atom. The van der Waals surface area contributed by atoms with Gasteiger partial charge in [-0.1, -0.05) is 0 Å². The molecule has 3 aromatic heterocycles. The summed E-state index contributed by atoms with van der Waals surface area (Å²) in [4.78, 5) is 20.6. The highest BCUT2D eigenvalue weighted by atomic mass is 32.1. The predicted octanol–water partition coefficient (Wildman–Crippen LogP) is 3.85. The lowest BCUT2D eigenvalue weighted by Gasteiger charge is -2.27. The number of rotatable bonds is 4. The summed E-state index contributed by atoms with van der Waals surface area (Å²) < 4.78 is 5.96. The molecule has 4 heterocycles. The van der Waals surface area contributed by atoms with Gasteiger partial charge in [0.1, 0.15) is 12.3 Å². The van der Waals surface area contributed by atoms with Crippen LogP contribution in [0.15, 0.2) is 48.4 Å². The fourth-order valence-corrected chi connectivity index (χ4v) is 4.49. The van der Waals surface area contributed by atoms with E-state index in [1.54, 1.807) is 24.1 Å². The molecule has 4 aromatic rings. The number of ether oxygens (including phenoxy) is 1. The van der Waals surface area contributed by atoms with Gasteiger partial charge in [0.05, 0.1) is 28.5 Å². The van der Waals surface area contributed by atoms with E-state index in [9.17, 15) is 0 Å². The second-order valence-corrected chi connectivity index (χ2v) is 9.20. The van der Waals surface area contributed by atoms with Gasteiger partial charge in [0.25, 0.3) is 5.88 Å². The number of nitrogens with two attached hydrogens (primary N) is 1. The van der Waals surface area contributed by atoms with Crippen LogP contribution in [-0.4, -0.2) is 38.4 Å². The van der Waals surface area contributed by atoms with Gasteiger partial charge in [0.2, 0.25) is 0 Å². The number of fused-ring (bicyclic) bond motifs is 1. The van der Waals surface area contributed by atoms with E-state index in [4.69, 9.17) is 10.5 Å². The highest BCUT2D eigenvalue weighted by molar-refractivity contribution is 7.10. The molecule has 0 atom stereocenters. The van der Waals surface area contributed by atoms with Crippen molar-refractivity contribution in [3.8, 4) is 29.0 Å². The van der Waals surface area contributed by atoms with Gasteiger partial charge in [0, 0.05) is 24.8 Å². The first-order chi connectivity index (χ1) is 16.5. The van der Waals surface area contributed by atoms with Crippen LogP contribution in [0.3, 0.4) is 0 Å². The van der Waals surface area contributed by atoms with E-state index in [0.29, 0.717) is 11.6 Å². The van der Waals surface area contributed by atoms with Crippen LogP contribution in [0, 0.1) is 18.8 Å². The molecule has 34 heavy (non-hydrogen) atoms. The maximum atomic E-state index is 6.08. The van der Waals surface area contributed by atoms with Crippen molar-refractivity contribution in [1.29, 1.82) is 0 Å². The van der Waals surface area contributed by atoms with Crippen molar-refractivity contribution in [1.82, 2.24) is 24.8 Å². The third kappa shape index (κ3) is 4.91. The largest absolute Gasteiger partial charge is 0.470 e. The number of anilines is 1. The molecule has 1 aromatic carbocycles. The van der Waals surface area contributed by atoms with Gasteiger partial charge in [-0.15, -0.1) is 11.3 Å². The molecule has 2 N–H and O–H groups in total. The zero-order chi connectivity index (χ0) is 23.5. The molecule has 7 nitrogen and oxygen atoms in total. The zero-order valence-corrected chi connectivity index (χ0v) is 19.9. The molecule has 0 aliphatic carbocycles. The minimum Gasteiger partial charge on any atom is -0.470 e. The molecule has 1 aliphatic heterocycles. The second-order valence-electron chi connectivity index (χ2n) is 8.32. The van der Waals surface area contributed by atoms with Crippen molar-refractivity contribution in [2.24, 2.45) is 0 Å².